The second kappa shape index (κ2) is 5.34. The van der Waals surface area contributed by atoms with Crippen LogP contribution in [0.25, 0.3) is 11.0 Å². The van der Waals surface area contributed by atoms with Crippen LogP contribution in [0.15, 0.2) is 18.2 Å². The molecule has 1 aromatic heterocycles. The number of imidazole rings is 1. The van der Waals surface area contributed by atoms with Gasteiger partial charge in [-0.05, 0) is 31.3 Å². The molecule has 2 aromatic rings. The van der Waals surface area contributed by atoms with Crippen LogP contribution >= 0.6 is 12.2 Å². The fourth-order valence-corrected chi connectivity index (χ4v) is 2.71. The average molecular weight is 300 g/mol. The van der Waals surface area contributed by atoms with Crippen LogP contribution in [0.2, 0.25) is 0 Å². The Kier molecular flexibility index (Phi) is 3.96. The van der Waals surface area contributed by atoms with Gasteiger partial charge in [-0.15, -0.1) is 0 Å². The average Bonchev–Trinajstić information content (AvgIpc) is 2.63. The molecule has 1 aromatic carbocycles. The molecule has 0 bridgehead atoms. The highest BCUT2D eigenvalue weighted by Crippen LogP contribution is 2.24. The van der Waals surface area contributed by atoms with Crippen LogP contribution < -0.4 is 4.74 Å². The van der Waals surface area contributed by atoms with Crippen LogP contribution in [0.5, 0.6) is 5.75 Å². The third-order valence-electron chi connectivity index (χ3n) is 2.76. The summed E-state index contributed by atoms with van der Waals surface area (Å²) in [5.74, 6) is 0.789. The summed E-state index contributed by atoms with van der Waals surface area (Å²) in [6, 6.07) is 5.62. The molecule has 1 N–H and O–H groups in total. The fourth-order valence-electron chi connectivity index (χ4n) is 1.91. The van der Waals surface area contributed by atoms with Gasteiger partial charge in [0.05, 0.1) is 17.9 Å². The molecule has 0 unspecified atom stereocenters. The van der Waals surface area contributed by atoms with Gasteiger partial charge in [-0.2, -0.15) is 0 Å². The SMILES string of the molecule is CCOc1cccc2c1[nH]c(=S)n2CCS(C)(=O)=O. The lowest BCUT2D eigenvalue weighted by Gasteiger charge is -2.06. The standard InChI is InChI=1S/C12H16N2O3S2/c1-3-17-10-6-4-5-9-11(10)13-12(18)14(9)7-8-19(2,15)16/h4-6H,3,7-8H2,1-2H3,(H,13,18). The summed E-state index contributed by atoms with van der Waals surface area (Å²) in [6.07, 6.45) is 1.22. The number of H-pyrrole nitrogens is 1. The maximum Gasteiger partial charge on any atom is 0.178 e. The third kappa shape index (κ3) is 3.16. The fraction of sp³-hybridized carbons (Fsp3) is 0.417. The zero-order valence-electron chi connectivity index (χ0n) is 10.8. The van der Waals surface area contributed by atoms with Crippen LogP contribution in [-0.4, -0.2) is 36.6 Å². The smallest absolute Gasteiger partial charge is 0.178 e. The lowest BCUT2D eigenvalue weighted by atomic mass is 10.3. The topological polar surface area (TPSA) is 64.1 Å². The number of aromatic nitrogens is 2. The van der Waals surface area contributed by atoms with E-state index in [-0.39, 0.29) is 5.75 Å². The minimum absolute atomic E-state index is 0.0626. The van der Waals surface area contributed by atoms with Crippen molar-refractivity contribution in [2.75, 3.05) is 18.6 Å². The second-order valence-corrected chi connectivity index (χ2v) is 6.94. The van der Waals surface area contributed by atoms with Gasteiger partial charge in [0.2, 0.25) is 0 Å². The lowest BCUT2D eigenvalue weighted by molar-refractivity contribution is 0.343. The van der Waals surface area contributed by atoms with E-state index in [2.05, 4.69) is 4.98 Å². The van der Waals surface area contributed by atoms with Crippen LogP contribution in [0.4, 0.5) is 0 Å². The van der Waals surface area contributed by atoms with Gasteiger partial charge in [-0.25, -0.2) is 8.42 Å². The predicted molar refractivity (Wildman–Crippen MR) is 78.0 cm³/mol. The van der Waals surface area contributed by atoms with Crippen molar-refractivity contribution in [3.8, 4) is 5.75 Å². The number of nitrogens with one attached hydrogen (secondary N) is 1. The number of para-hydroxylation sites is 1. The largest absolute Gasteiger partial charge is 0.492 e. The third-order valence-corrected chi connectivity index (χ3v) is 4.00. The summed E-state index contributed by atoms with van der Waals surface area (Å²) < 4.78 is 30.3. The van der Waals surface area contributed by atoms with E-state index in [0.29, 0.717) is 17.9 Å². The Morgan fingerprint density at radius 3 is 2.79 bits per heavy atom. The van der Waals surface area contributed by atoms with Gasteiger partial charge in [0.15, 0.2) is 4.77 Å². The van der Waals surface area contributed by atoms with E-state index in [1.54, 1.807) is 4.57 Å². The molecule has 0 saturated heterocycles. The van der Waals surface area contributed by atoms with Gasteiger partial charge < -0.3 is 14.3 Å². The molecule has 5 nitrogen and oxygen atoms in total. The summed E-state index contributed by atoms with van der Waals surface area (Å²) in [5, 5.41) is 0. The number of ether oxygens (including phenoxy) is 1. The number of hydrogen-bond acceptors (Lipinski definition) is 4. The van der Waals surface area contributed by atoms with E-state index in [4.69, 9.17) is 17.0 Å². The molecule has 0 saturated carbocycles. The number of fused-ring (bicyclic) bond motifs is 1. The molecule has 7 heteroatoms. The molecule has 0 radical (unpaired) electrons. The monoisotopic (exact) mass is 300 g/mol. The summed E-state index contributed by atoms with van der Waals surface area (Å²) in [5.41, 5.74) is 1.67. The van der Waals surface area contributed by atoms with Crippen molar-refractivity contribution in [3.05, 3.63) is 23.0 Å². The summed E-state index contributed by atoms with van der Waals surface area (Å²) >= 11 is 5.24. The van der Waals surface area contributed by atoms with Crippen molar-refractivity contribution < 1.29 is 13.2 Å². The Morgan fingerprint density at radius 1 is 1.42 bits per heavy atom. The van der Waals surface area contributed by atoms with Gasteiger partial charge >= 0.3 is 0 Å². The van der Waals surface area contributed by atoms with Gasteiger partial charge in [0.1, 0.15) is 21.1 Å². The first-order chi connectivity index (χ1) is 8.92. The first-order valence-electron chi connectivity index (χ1n) is 5.94. The van der Waals surface area contributed by atoms with Crippen molar-refractivity contribution >= 4 is 33.1 Å². The molecule has 0 spiro atoms. The summed E-state index contributed by atoms with van der Waals surface area (Å²) in [6.45, 7) is 2.82. The molecular weight excluding hydrogens is 284 g/mol. The molecule has 1 heterocycles. The highest BCUT2D eigenvalue weighted by Gasteiger charge is 2.11. The number of benzene rings is 1. The van der Waals surface area contributed by atoms with Crippen LogP contribution in [0.1, 0.15) is 6.92 Å². The molecule has 0 aliphatic carbocycles. The van der Waals surface area contributed by atoms with Gasteiger partial charge in [-0.3, -0.25) is 0 Å². The maximum atomic E-state index is 11.3. The minimum Gasteiger partial charge on any atom is -0.492 e. The Balaban J connectivity index is 2.48. The van der Waals surface area contributed by atoms with E-state index in [1.807, 2.05) is 25.1 Å². The Labute approximate surface area is 117 Å². The molecule has 0 aliphatic heterocycles. The molecule has 0 fully saturated rings. The normalized spacial score (nSPS) is 11.9. The lowest BCUT2D eigenvalue weighted by Crippen LogP contribution is -2.11. The van der Waals surface area contributed by atoms with Crippen molar-refractivity contribution in [1.82, 2.24) is 9.55 Å². The predicted octanol–water partition coefficient (Wildman–Crippen LogP) is 2.14. The highest BCUT2D eigenvalue weighted by molar-refractivity contribution is 7.90. The molecule has 0 amide bonds. The second-order valence-electron chi connectivity index (χ2n) is 4.29. The summed E-state index contributed by atoms with van der Waals surface area (Å²) in [7, 11) is -3.02. The summed E-state index contributed by atoms with van der Waals surface area (Å²) in [4.78, 5) is 3.07. The van der Waals surface area contributed by atoms with E-state index in [1.165, 1.54) is 6.26 Å². The van der Waals surface area contributed by atoms with Crippen LogP contribution in [0, 0.1) is 4.77 Å². The van der Waals surface area contributed by atoms with Crippen molar-refractivity contribution in [3.63, 3.8) is 0 Å². The molecular formula is C12H16N2O3S2. The van der Waals surface area contributed by atoms with Crippen LogP contribution in [0.3, 0.4) is 0 Å². The quantitative estimate of drug-likeness (QED) is 0.859. The van der Waals surface area contributed by atoms with Crippen molar-refractivity contribution in [1.29, 1.82) is 0 Å². The van der Waals surface area contributed by atoms with Gasteiger partial charge in [-0.1, -0.05) is 6.07 Å². The molecule has 19 heavy (non-hydrogen) atoms. The van der Waals surface area contributed by atoms with Crippen molar-refractivity contribution in [2.45, 2.75) is 13.5 Å². The van der Waals surface area contributed by atoms with Gasteiger partial charge in [0, 0.05) is 12.8 Å². The van der Waals surface area contributed by atoms with E-state index < -0.39 is 9.84 Å². The number of sulfone groups is 1. The van der Waals surface area contributed by atoms with Crippen molar-refractivity contribution in [2.24, 2.45) is 0 Å². The Hall–Kier alpha value is -1.34. The number of rotatable bonds is 5. The minimum atomic E-state index is -3.02. The van der Waals surface area contributed by atoms with Crippen LogP contribution in [-0.2, 0) is 16.4 Å². The molecule has 2 rings (SSSR count). The Bertz CT molecular complexity index is 744. The van der Waals surface area contributed by atoms with E-state index in [9.17, 15) is 8.42 Å². The highest BCUT2D eigenvalue weighted by atomic mass is 32.2. The zero-order valence-corrected chi connectivity index (χ0v) is 12.5. The number of nitrogens with zero attached hydrogens (tertiary/aromatic N) is 1. The number of aryl methyl sites for hydroxylation is 1. The molecule has 0 atom stereocenters. The molecule has 0 aliphatic rings. The number of aromatic amines is 1. The first-order valence-corrected chi connectivity index (χ1v) is 8.41. The first kappa shape index (κ1) is 14.1. The van der Waals surface area contributed by atoms with E-state index in [0.717, 1.165) is 16.8 Å². The maximum absolute atomic E-state index is 11.3. The van der Waals surface area contributed by atoms with Gasteiger partial charge in [0.25, 0.3) is 0 Å². The van der Waals surface area contributed by atoms with E-state index >= 15 is 0 Å². The molecule has 104 valence electrons. The Morgan fingerprint density at radius 2 is 2.16 bits per heavy atom. The zero-order chi connectivity index (χ0) is 14.0. The number of hydrogen-bond donors (Lipinski definition) is 1.